The number of halogens is 1. The van der Waals surface area contributed by atoms with Gasteiger partial charge in [0.2, 0.25) is 0 Å². The van der Waals surface area contributed by atoms with E-state index in [0.29, 0.717) is 6.54 Å². The molecule has 0 fully saturated rings. The highest BCUT2D eigenvalue weighted by atomic mass is 35.5. The van der Waals surface area contributed by atoms with Crippen LogP contribution in [0.1, 0.15) is 11.1 Å². The lowest BCUT2D eigenvalue weighted by Gasteiger charge is -2.19. The summed E-state index contributed by atoms with van der Waals surface area (Å²) in [6, 6.07) is 1.58. The molecule has 1 heterocycles. The number of fused-ring (bicyclic) bond motifs is 1. The highest BCUT2D eigenvalue weighted by Gasteiger charge is 2.17. The van der Waals surface area contributed by atoms with Crippen LogP contribution in [0.25, 0.3) is 0 Å². The van der Waals surface area contributed by atoms with Gasteiger partial charge in [-0.05, 0) is 30.2 Å². The molecule has 1 aliphatic heterocycles. The minimum atomic E-state index is -0.218. The molecule has 0 aromatic heterocycles. The molecule has 0 radical (unpaired) electrons. The van der Waals surface area contributed by atoms with Crippen molar-refractivity contribution in [3.05, 3.63) is 22.2 Å². The predicted molar refractivity (Wildman–Crippen MR) is 50.2 cm³/mol. The van der Waals surface area contributed by atoms with E-state index in [-0.39, 0.29) is 16.5 Å². The number of phenolic OH excluding ortho intramolecular Hbond substituents is 2. The van der Waals surface area contributed by atoms with Gasteiger partial charge in [0.05, 0.1) is 5.02 Å². The van der Waals surface area contributed by atoms with Crippen LogP contribution in [0.15, 0.2) is 6.07 Å². The first-order valence-electron chi connectivity index (χ1n) is 4.13. The van der Waals surface area contributed by atoms with Crippen molar-refractivity contribution >= 4 is 11.6 Å². The number of hydrogen-bond donors (Lipinski definition) is 3. The number of phenols is 2. The van der Waals surface area contributed by atoms with Gasteiger partial charge in [-0.25, -0.2) is 0 Å². The quantitative estimate of drug-likeness (QED) is 0.554. The summed E-state index contributed by atoms with van der Waals surface area (Å²) in [5.74, 6) is -0.352. The van der Waals surface area contributed by atoms with Crippen LogP contribution >= 0.6 is 11.6 Å². The Labute approximate surface area is 81.0 Å². The van der Waals surface area contributed by atoms with Crippen LogP contribution in [-0.4, -0.2) is 16.8 Å². The lowest BCUT2D eigenvalue weighted by atomic mass is 10.0. The van der Waals surface area contributed by atoms with Gasteiger partial charge in [-0.1, -0.05) is 11.6 Å². The largest absolute Gasteiger partial charge is 0.504 e. The summed E-state index contributed by atoms with van der Waals surface area (Å²) < 4.78 is 0. The smallest absolute Gasteiger partial charge is 0.176 e. The Morgan fingerprint density at radius 3 is 2.92 bits per heavy atom. The summed E-state index contributed by atoms with van der Waals surface area (Å²) in [6.45, 7) is 1.54. The van der Waals surface area contributed by atoms with Crippen LogP contribution in [0, 0.1) is 0 Å². The van der Waals surface area contributed by atoms with Crippen molar-refractivity contribution in [3.8, 4) is 11.5 Å². The van der Waals surface area contributed by atoms with Crippen molar-refractivity contribution in [2.45, 2.75) is 13.0 Å². The molecule has 0 atom stereocenters. The summed E-state index contributed by atoms with van der Waals surface area (Å²) >= 11 is 5.87. The van der Waals surface area contributed by atoms with Gasteiger partial charge >= 0.3 is 0 Å². The molecule has 1 aromatic carbocycles. The molecule has 0 saturated heterocycles. The molecular weight excluding hydrogens is 190 g/mol. The lowest BCUT2D eigenvalue weighted by Crippen LogP contribution is -2.23. The topological polar surface area (TPSA) is 52.5 Å². The van der Waals surface area contributed by atoms with Crippen molar-refractivity contribution in [2.24, 2.45) is 0 Å². The van der Waals surface area contributed by atoms with Gasteiger partial charge in [-0.3, -0.25) is 0 Å². The third kappa shape index (κ3) is 1.34. The molecular formula is C9H10ClNO2. The zero-order valence-electron chi connectivity index (χ0n) is 6.97. The van der Waals surface area contributed by atoms with E-state index in [1.54, 1.807) is 6.07 Å². The van der Waals surface area contributed by atoms with Gasteiger partial charge in [-0.2, -0.15) is 0 Å². The second-order valence-corrected chi connectivity index (χ2v) is 3.50. The van der Waals surface area contributed by atoms with Crippen LogP contribution in [-0.2, 0) is 13.0 Å². The molecule has 2 rings (SSSR count). The average molecular weight is 200 g/mol. The van der Waals surface area contributed by atoms with Gasteiger partial charge in [0.1, 0.15) is 0 Å². The van der Waals surface area contributed by atoms with Gasteiger partial charge in [0.15, 0.2) is 11.5 Å². The van der Waals surface area contributed by atoms with E-state index in [1.165, 1.54) is 0 Å². The molecule has 0 spiro atoms. The number of nitrogens with one attached hydrogen (secondary N) is 1. The molecule has 70 valence electrons. The maximum atomic E-state index is 9.35. The SMILES string of the molecule is Oc1cc2c(c(Cl)c1O)CNCC2. The van der Waals surface area contributed by atoms with Crippen LogP contribution in [0.2, 0.25) is 5.02 Å². The Hall–Kier alpha value is -0.930. The summed E-state index contributed by atoms with van der Waals surface area (Å²) in [4.78, 5) is 0. The van der Waals surface area contributed by atoms with Gasteiger partial charge in [-0.15, -0.1) is 0 Å². The minimum Gasteiger partial charge on any atom is -0.504 e. The highest BCUT2D eigenvalue weighted by molar-refractivity contribution is 6.33. The van der Waals surface area contributed by atoms with E-state index >= 15 is 0 Å². The standard InChI is InChI=1S/C9H10ClNO2/c10-8-6-4-11-2-1-5(6)3-7(12)9(8)13/h3,11-13H,1-2,4H2. The summed E-state index contributed by atoms with van der Waals surface area (Å²) in [7, 11) is 0. The highest BCUT2D eigenvalue weighted by Crippen LogP contribution is 2.38. The Morgan fingerprint density at radius 2 is 2.15 bits per heavy atom. The molecule has 3 nitrogen and oxygen atoms in total. The zero-order chi connectivity index (χ0) is 9.42. The van der Waals surface area contributed by atoms with E-state index < -0.39 is 0 Å². The molecule has 1 aromatic rings. The Kier molecular flexibility index (Phi) is 2.06. The number of aromatic hydroxyl groups is 2. The molecule has 1 aliphatic rings. The molecule has 13 heavy (non-hydrogen) atoms. The predicted octanol–water partition coefficient (Wildman–Crippen LogP) is 1.40. The summed E-state index contributed by atoms with van der Waals surface area (Å²) in [6.07, 6.45) is 0.836. The zero-order valence-corrected chi connectivity index (χ0v) is 7.73. The summed E-state index contributed by atoms with van der Waals surface area (Å²) in [5.41, 5.74) is 1.90. The van der Waals surface area contributed by atoms with Crippen molar-refractivity contribution < 1.29 is 10.2 Å². The van der Waals surface area contributed by atoms with Crippen molar-refractivity contribution in [2.75, 3.05) is 6.54 Å². The molecule has 0 bridgehead atoms. The van der Waals surface area contributed by atoms with E-state index in [9.17, 15) is 10.2 Å². The maximum absolute atomic E-state index is 9.35. The minimum absolute atomic E-state index is 0.134. The first kappa shape index (κ1) is 8.66. The molecule has 0 saturated carbocycles. The van der Waals surface area contributed by atoms with E-state index in [1.807, 2.05) is 0 Å². The second kappa shape index (κ2) is 3.09. The van der Waals surface area contributed by atoms with Crippen molar-refractivity contribution in [1.29, 1.82) is 0 Å². The van der Waals surface area contributed by atoms with Crippen LogP contribution in [0.4, 0.5) is 0 Å². The first-order valence-corrected chi connectivity index (χ1v) is 4.51. The molecule has 3 N–H and O–H groups in total. The molecule has 0 amide bonds. The number of hydrogen-bond acceptors (Lipinski definition) is 3. The average Bonchev–Trinajstić information content (AvgIpc) is 2.15. The lowest BCUT2D eigenvalue weighted by molar-refractivity contribution is 0.401. The van der Waals surface area contributed by atoms with E-state index in [0.717, 1.165) is 24.1 Å². The monoisotopic (exact) mass is 199 g/mol. The fraction of sp³-hybridized carbons (Fsp3) is 0.333. The van der Waals surface area contributed by atoms with Gasteiger partial charge in [0, 0.05) is 6.54 Å². The fourth-order valence-electron chi connectivity index (χ4n) is 1.57. The molecule has 4 heteroatoms. The number of rotatable bonds is 0. The van der Waals surface area contributed by atoms with Crippen molar-refractivity contribution in [1.82, 2.24) is 5.32 Å². The summed E-state index contributed by atoms with van der Waals surface area (Å²) in [5, 5.41) is 22.1. The third-order valence-electron chi connectivity index (χ3n) is 2.29. The molecule has 0 aliphatic carbocycles. The third-order valence-corrected chi connectivity index (χ3v) is 2.69. The first-order chi connectivity index (χ1) is 6.20. The van der Waals surface area contributed by atoms with Crippen LogP contribution in [0.5, 0.6) is 11.5 Å². The van der Waals surface area contributed by atoms with E-state index in [2.05, 4.69) is 5.32 Å². The van der Waals surface area contributed by atoms with Crippen LogP contribution < -0.4 is 5.32 Å². The Bertz CT molecular complexity index is 352. The Morgan fingerprint density at radius 1 is 1.38 bits per heavy atom. The second-order valence-electron chi connectivity index (χ2n) is 3.12. The molecule has 0 unspecified atom stereocenters. The fourth-order valence-corrected chi connectivity index (χ4v) is 1.85. The van der Waals surface area contributed by atoms with Gasteiger partial charge < -0.3 is 15.5 Å². The Balaban J connectivity index is 2.60. The van der Waals surface area contributed by atoms with Gasteiger partial charge in [0.25, 0.3) is 0 Å². The van der Waals surface area contributed by atoms with E-state index in [4.69, 9.17) is 11.6 Å². The number of benzene rings is 1. The van der Waals surface area contributed by atoms with Crippen LogP contribution in [0.3, 0.4) is 0 Å². The normalized spacial score (nSPS) is 15.5. The van der Waals surface area contributed by atoms with Crippen molar-refractivity contribution in [3.63, 3.8) is 0 Å². The maximum Gasteiger partial charge on any atom is 0.176 e.